The van der Waals surface area contributed by atoms with Crippen LogP contribution in [-0.4, -0.2) is 60.9 Å². The number of benzene rings is 2. The van der Waals surface area contributed by atoms with Crippen LogP contribution in [0.15, 0.2) is 53.0 Å². The number of dihydropyridines is 1. The number of carbonyl (C=O) groups is 2. The first-order valence-corrected chi connectivity index (χ1v) is 13.0. The van der Waals surface area contributed by atoms with Gasteiger partial charge in [-0.25, -0.2) is 4.99 Å². The van der Waals surface area contributed by atoms with Gasteiger partial charge in [0.05, 0.1) is 19.1 Å². The van der Waals surface area contributed by atoms with Crippen LogP contribution in [0, 0.1) is 5.92 Å². The van der Waals surface area contributed by atoms with E-state index >= 15 is 0 Å². The summed E-state index contributed by atoms with van der Waals surface area (Å²) < 4.78 is 11.8. The molecule has 3 aliphatic heterocycles. The number of nitrogens with one attached hydrogen (secondary N) is 1. The van der Waals surface area contributed by atoms with Crippen LogP contribution in [0.3, 0.4) is 0 Å². The smallest absolute Gasteiger partial charge is 0.254 e. The quantitative estimate of drug-likeness (QED) is 0.642. The van der Waals surface area contributed by atoms with E-state index in [9.17, 15) is 9.59 Å². The van der Waals surface area contributed by atoms with E-state index in [-0.39, 0.29) is 24.0 Å². The molecule has 7 nitrogen and oxygen atoms in total. The van der Waals surface area contributed by atoms with Gasteiger partial charge in [0, 0.05) is 49.4 Å². The molecule has 37 heavy (non-hydrogen) atoms. The number of morpholine rings is 1. The van der Waals surface area contributed by atoms with E-state index in [1.807, 2.05) is 25.1 Å². The lowest BCUT2D eigenvalue weighted by molar-refractivity contribution is -0.120. The van der Waals surface area contributed by atoms with E-state index < -0.39 is 5.92 Å². The highest BCUT2D eigenvalue weighted by atomic mass is 16.5. The van der Waals surface area contributed by atoms with Gasteiger partial charge in [0.2, 0.25) is 0 Å². The molecule has 0 aliphatic carbocycles. The van der Waals surface area contributed by atoms with E-state index in [1.165, 1.54) is 5.56 Å². The van der Waals surface area contributed by atoms with Crippen molar-refractivity contribution in [2.75, 3.05) is 32.8 Å². The summed E-state index contributed by atoms with van der Waals surface area (Å²) in [5.41, 5.74) is 6.04. The molecule has 194 valence electrons. The van der Waals surface area contributed by atoms with Gasteiger partial charge in [-0.1, -0.05) is 29.8 Å². The molecular weight excluding hydrogens is 466 g/mol. The minimum atomic E-state index is -0.428. The van der Waals surface area contributed by atoms with Gasteiger partial charge in [-0.3, -0.25) is 14.5 Å². The summed E-state index contributed by atoms with van der Waals surface area (Å²) in [7, 11) is 0. The Bertz CT molecular complexity index is 1270. The Labute approximate surface area is 218 Å². The molecule has 1 unspecified atom stereocenters. The molecule has 0 aromatic heterocycles. The van der Waals surface area contributed by atoms with Crippen molar-refractivity contribution < 1.29 is 19.1 Å². The Kier molecular flexibility index (Phi) is 7.01. The van der Waals surface area contributed by atoms with E-state index in [0.717, 1.165) is 67.3 Å². The number of amides is 2. The van der Waals surface area contributed by atoms with Crippen molar-refractivity contribution in [2.24, 2.45) is 10.9 Å². The van der Waals surface area contributed by atoms with Crippen LogP contribution >= 0.6 is 0 Å². The standard InChI is InChI=1S/C30H35N3O4/c1-19-13-20(2)32-29(35)26(19)17-31-28(34)23-14-24-16-30(3,4)37-27(24)25(15-23)22-7-5-21(6-8-22)18-33-9-11-36-12-10-33/h5-8,13-15,26H,9-12,16-18H2,1-4H3,(H,31,34). The van der Waals surface area contributed by atoms with Crippen LogP contribution in [-0.2, 0) is 22.5 Å². The zero-order valence-electron chi connectivity index (χ0n) is 22.1. The highest BCUT2D eigenvalue weighted by molar-refractivity contribution is 6.06. The number of carbonyl (C=O) groups excluding carboxylic acids is 2. The van der Waals surface area contributed by atoms with Gasteiger partial charge in [0.25, 0.3) is 11.8 Å². The van der Waals surface area contributed by atoms with E-state index in [2.05, 4.69) is 53.3 Å². The summed E-state index contributed by atoms with van der Waals surface area (Å²) in [6.07, 6.45) is 2.62. The Morgan fingerprint density at radius 1 is 1.14 bits per heavy atom. The van der Waals surface area contributed by atoms with Gasteiger partial charge >= 0.3 is 0 Å². The number of fused-ring (bicyclic) bond motifs is 1. The van der Waals surface area contributed by atoms with Crippen molar-refractivity contribution in [1.29, 1.82) is 0 Å². The maximum Gasteiger partial charge on any atom is 0.254 e. The fourth-order valence-electron chi connectivity index (χ4n) is 5.32. The average Bonchev–Trinajstić information content (AvgIpc) is 3.17. The van der Waals surface area contributed by atoms with E-state index in [4.69, 9.17) is 9.47 Å². The van der Waals surface area contributed by atoms with Gasteiger partial charge in [0.15, 0.2) is 0 Å². The summed E-state index contributed by atoms with van der Waals surface area (Å²) >= 11 is 0. The first-order valence-electron chi connectivity index (χ1n) is 13.0. The predicted octanol–water partition coefficient (Wildman–Crippen LogP) is 4.19. The van der Waals surface area contributed by atoms with Crippen LogP contribution < -0.4 is 10.1 Å². The number of allylic oxidation sites excluding steroid dienone is 1. The predicted molar refractivity (Wildman–Crippen MR) is 144 cm³/mol. The molecule has 2 aromatic rings. The third-order valence-electron chi connectivity index (χ3n) is 7.23. The van der Waals surface area contributed by atoms with Crippen LogP contribution in [0.1, 0.15) is 49.2 Å². The highest BCUT2D eigenvalue weighted by Gasteiger charge is 2.33. The zero-order valence-corrected chi connectivity index (χ0v) is 22.1. The minimum Gasteiger partial charge on any atom is -0.487 e. The van der Waals surface area contributed by atoms with Crippen LogP contribution in [0.5, 0.6) is 5.75 Å². The number of aliphatic imine (C=N–C) groups is 1. The fourth-order valence-corrected chi connectivity index (χ4v) is 5.32. The molecule has 3 heterocycles. The van der Waals surface area contributed by atoms with Crippen molar-refractivity contribution in [2.45, 2.75) is 46.3 Å². The molecule has 3 aliphatic rings. The van der Waals surface area contributed by atoms with Gasteiger partial charge in [-0.05, 0) is 62.6 Å². The zero-order chi connectivity index (χ0) is 26.2. The summed E-state index contributed by atoms with van der Waals surface area (Å²) in [6, 6.07) is 12.3. The Morgan fingerprint density at radius 3 is 2.57 bits per heavy atom. The topological polar surface area (TPSA) is 80.2 Å². The van der Waals surface area contributed by atoms with Crippen molar-refractivity contribution in [3.63, 3.8) is 0 Å². The second kappa shape index (κ2) is 10.2. The van der Waals surface area contributed by atoms with Crippen LogP contribution in [0.2, 0.25) is 0 Å². The van der Waals surface area contributed by atoms with E-state index in [1.54, 1.807) is 6.92 Å². The molecule has 2 amide bonds. The van der Waals surface area contributed by atoms with Crippen molar-refractivity contribution >= 4 is 17.5 Å². The number of rotatable bonds is 6. The summed E-state index contributed by atoms with van der Waals surface area (Å²) in [4.78, 5) is 32.1. The molecule has 1 N–H and O–H groups in total. The molecule has 1 saturated heterocycles. The minimum absolute atomic E-state index is 0.204. The summed E-state index contributed by atoms with van der Waals surface area (Å²) in [6.45, 7) is 12.4. The molecule has 0 saturated carbocycles. The number of hydrogen-bond acceptors (Lipinski definition) is 5. The lowest BCUT2D eigenvalue weighted by Crippen LogP contribution is -2.35. The average molecular weight is 502 g/mol. The second-order valence-electron chi connectivity index (χ2n) is 10.9. The SMILES string of the molecule is CC1=CC(C)=NC(=O)C1CNC(=O)c1cc2c(c(-c3ccc(CN4CCOCC4)cc3)c1)OC(C)(C)C2. The molecule has 0 radical (unpaired) electrons. The Hall–Kier alpha value is -3.29. The maximum absolute atomic E-state index is 13.3. The van der Waals surface area contributed by atoms with Crippen LogP contribution in [0.25, 0.3) is 11.1 Å². The first kappa shape index (κ1) is 25.4. The third kappa shape index (κ3) is 5.68. The highest BCUT2D eigenvalue weighted by Crippen LogP contribution is 2.43. The molecule has 0 bridgehead atoms. The molecule has 2 aromatic carbocycles. The first-order chi connectivity index (χ1) is 17.7. The Balaban J connectivity index is 1.37. The molecule has 1 fully saturated rings. The molecular formula is C30H35N3O4. The lowest BCUT2D eigenvalue weighted by atomic mass is 9.94. The van der Waals surface area contributed by atoms with Gasteiger partial charge in [-0.2, -0.15) is 0 Å². The lowest BCUT2D eigenvalue weighted by Gasteiger charge is -2.26. The monoisotopic (exact) mass is 501 g/mol. The largest absolute Gasteiger partial charge is 0.487 e. The molecule has 7 heteroatoms. The number of ether oxygens (including phenoxy) is 2. The van der Waals surface area contributed by atoms with Crippen molar-refractivity contribution in [3.05, 3.63) is 64.7 Å². The maximum atomic E-state index is 13.3. The summed E-state index contributed by atoms with van der Waals surface area (Å²) in [5.74, 6) is 0.000632. The van der Waals surface area contributed by atoms with Crippen molar-refractivity contribution in [1.82, 2.24) is 10.2 Å². The fraction of sp³-hybridized carbons (Fsp3) is 0.433. The van der Waals surface area contributed by atoms with Gasteiger partial charge in [0.1, 0.15) is 11.4 Å². The summed E-state index contributed by atoms with van der Waals surface area (Å²) in [5, 5.41) is 2.96. The molecule has 5 rings (SSSR count). The molecule has 1 atom stereocenters. The van der Waals surface area contributed by atoms with E-state index in [0.29, 0.717) is 11.3 Å². The Morgan fingerprint density at radius 2 is 1.86 bits per heavy atom. The number of hydrogen-bond donors (Lipinski definition) is 1. The normalized spacial score (nSPS) is 21.1. The van der Waals surface area contributed by atoms with Gasteiger partial charge < -0.3 is 14.8 Å². The van der Waals surface area contributed by atoms with Crippen LogP contribution in [0.4, 0.5) is 0 Å². The van der Waals surface area contributed by atoms with Gasteiger partial charge in [-0.15, -0.1) is 0 Å². The molecule has 0 spiro atoms. The van der Waals surface area contributed by atoms with Crippen molar-refractivity contribution in [3.8, 4) is 16.9 Å². The number of nitrogens with zero attached hydrogens (tertiary/aromatic N) is 2. The third-order valence-corrected chi connectivity index (χ3v) is 7.23. The second-order valence-corrected chi connectivity index (χ2v) is 10.9.